The Labute approximate surface area is 102 Å². The van der Waals surface area contributed by atoms with Crippen molar-refractivity contribution in [2.24, 2.45) is 0 Å². The van der Waals surface area contributed by atoms with Gasteiger partial charge in [-0.15, -0.1) is 0 Å². The van der Waals surface area contributed by atoms with Crippen molar-refractivity contribution >= 4 is 24.0 Å². The molecule has 0 saturated carbocycles. The van der Waals surface area contributed by atoms with Gasteiger partial charge in [-0.1, -0.05) is 6.58 Å². The quantitative estimate of drug-likeness (QED) is 0.305. The van der Waals surface area contributed by atoms with Crippen LogP contribution in [0.3, 0.4) is 0 Å². The summed E-state index contributed by atoms with van der Waals surface area (Å²) in [6.45, 7) is 13.8. The summed E-state index contributed by atoms with van der Waals surface area (Å²) < 4.78 is 11.1. The van der Waals surface area contributed by atoms with Crippen molar-refractivity contribution in [3.63, 3.8) is 0 Å². The fraction of sp³-hybridized carbons (Fsp3) is 0.727. The van der Waals surface area contributed by atoms with Crippen LogP contribution in [0, 0.1) is 0 Å². The molecule has 0 spiro atoms. The van der Waals surface area contributed by atoms with Crippen LogP contribution in [0.1, 0.15) is 20.3 Å². The van der Waals surface area contributed by atoms with E-state index >= 15 is 0 Å². The molecule has 0 heterocycles. The lowest BCUT2D eigenvalue weighted by molar-refractivity contribution is -0.150. The summed E-state index contributed by atoms with van der Waals surface area (Å²) in [7, 11) is -1.82. The summed E-state index contributed by atoms with van der Waals surface area (Å²) in [5.74, 6) is -0.349. The number of ether oxygens (including phenoxy) is 1. The molecule has 0 aliphatic carbocycles. The molecule has 0 rings (SSSR count). The zero-order valence-corrected chi connectivity index (χ0v) is 13.5. The lowest BCUT2D eigenvalue weighted by Gasteiger charge is -2.25. The Kier molecular flexibility index (Phi) is 6.21. The van der Waals surface area contributed by atoms with E-state index < -0.39 is 23.7 Å². The molecular weight excluding hydrogens is 236 g/mol. The second-order valence-electron chi connectivity index (χ2n) is 5.45. The first kappa shape index (κ1) is 15.6. The van der Waals surface area contributed by atoms with Crippen LogP contribution in [0.4, 0.5) is 0 Å². The minimum absolute atomic E-state index is 0.349. The van der Waals surface area contributed by atoms with Crippen molar-refractivity contribution in [3.05, 3.63) is 12.7 Å². The second-order valence-corrected chi connectivity index (χ2v) is 11.9. The van der Waals surface area contributed by atoms with Gasteiger partial charge in [0.2, 0.25) is 0 Å². The molecule has 0 aromatic heterocycles. The Morgan fingerprint density at radius 2 is 2.00 bits per heavy atom. The van der Waals surface area contributed by atoms with Crippen molar-refractivity contribution in [2.45, 2.75) is 51.6 Å². The molecule has 0 amide bonds. The highest BCUT2D eigenvalue weighted by molar-refractivity contribution is 6.73. The molecule has 0 atom stereocenters. The number of esters is 1. The third-order valence-electron chi connectivity index (χ3n) is 2.00. The van der Waals surface area contributed by atoms with Crippen LogP contribution in [0.15, 0.2) is 12.7 Å². The molecule has 0 aromatic rings. The van der Waals surface area contributed by atoms with E-state index in [0.29, 0.717) is 0 Å². The monoisotopic (exact) mass is 260 g/mol. The molecule has 0 aliphatic rings. The molecular formula is C11H24O3Si2. The Bertz CT molecular complexity index is 244. The van der Waals surface area contributed by atoms with Crippen LogP contribution in [0.2, 0.25) is 25.7 Å². The maximum absolute atomic E-state index is 11.1. The average Bonchev–Trinajstić information content (AvgIpc) is 2.10. The zero-order valence-electron chi connectivity index (χ0n) is 11.1. The van der Waals surface area contributed by atoms with Gasteiger partial charge < -0.3 is 8.85 Å². The molecule has 0 fully saturated rings. The number of rotatable bonds is 7. The van der Waals surface area contributed by atoms with Gasteiger partial charge in [-0.25, -0.2) is 4.79 Å². The van der Waals surface area contributed by atoms with Crippen molar-refractivity contribution in [1.82, 2.24) is 0 Å². The number of hydrogen-bond donors (Lipinski definition) is 0. The van der Waals surface area contributed by atoms with Crippen LogP contribution >= 0.6 is 0 Å². The van der Waals surface area contributed by atoms with Gasteiger partial charge in [0.15, 0.2) is 8.32 Å². The molecule has 3 nitrogen and oxygen atoms in total. The topological polar surface area (TPSA) is 35.5 Å². The predicted octanol–water partition coefficient (Wildman–Crippen LogP) is 2.24. The fourth-order valence-corrected chi connectivity index (χ4v) is 5.26. The van der Waals surface area contributed by atoms with Gasteiger partial charge in [-0.05, 0) is 46.0 Å². The first-order valence-electron chi connectivity index (χ1n) is 5.66. The smallest absolute Gasteiger partial charge is 0.330 e. The first-order valence-corrected chi connectivity index (χ1v) is 10.6. The van der Waals surface area contributed by atoms with E-state index in [4.69, 9.17) is 8.85 Å². The standard InChI is InChI=1S/C11H24O3Si2/c1-7-10(12)13-11(2,3)8-9-15-14-16(4,5)6/h7H,1,8-9,15H2,2-6H3. The van der Waals surface area contributed by atoms with E-state index in [2.05, 4.69) is 26.2 Å². The molecule has 0 unspecified atom stereocenters. The van der Waals surface area contributed by atoms with Crippen LogP contribution in [0.5, 0.6) is 0 Å². The number of hydrogen-bond acceptors (Lipinski definition) is 3. The molecule has 5 heteroatoms. The van der Waals surface area contributed by atoms with E-state index in [-0.39, 0.29) is 5.97 Å². The molecule has 0 aromatic carbocycles. The van der Waals surface area contributed by atoms with Gasteiger partial charge in [-0.3, -0.25) is 0 Å². The van der Waals surface area contributed by atoms with Crippen molar-refractivity contribution in [3.8, 4) is 0 Å². The van der Waals surface area contributed by atoms with Crippen LogP contribution in [-0.2, 0) is 13.6 Å². The van der Waals surface area contributed by atoms with Crippen LogP contribution in [0.25, 0.3) is 0 Å². The molecule has 16 heavy (non-hydrogen) atoms. The summed E-state index contributed by atoms with van der Waals surface area (Å²) in [4.78, 5) is 11.1. The highest BCUT2D eigenvalue weighted by atomic mass is 28.4. The van der Waals surface area contributed by atoms with Crippen molar-refractivity contribution < 1.29 is 13.6 Å². The third-order valence-corrected chi connectivity index (χ3v) is 6.92. The average molecular weight is 260 g/mol. The molecule has 0 aliphatic heterocycles. The van der Waals surface area contributed by atoms with E-state index in [1.165, 1.54) is 6.08 Å². The highest BCUT2D eigenvalue weighted by Gasteiger charge is 2.22. The molecule has 0 N–H and O–H groups in total. The van der Waals surface area contributed by atoms with Gasteiger partial charge >= 0.3 is 5.97 Å². The van der Waals surface area contributed by atoms with Gasteiger partial charge in [0.25, 0.3) is 0 Å². The van der Waals surface area contributed by atoms with E-state index in [1.54, 1.807) is 0 Å². The summed E-state index contributed by atoms with van der Waals surface area (Å²) >= 11 is 0. The highest BCUT2D eigenvalue weighted by Crippen LogP contribution is 2.17. The van der Waals surface area contributed by atoms with E-state index in [1.807, 2.05) is 13.8 Å². The lowest BCUT2D eigenvalue weighted by atomic mass is 10.1. The summed E-state index contributed by atoms with van der Waals surface area (Å²) in [5, 5.41) is 0. The SMILES string of the molecule is C=CC(=O)OC(C)(C)CC[SiH2]O[Si](C)(C)C. The maximum atomic E-state index is 11.1. The Hall–Kier alpha value is -0.396. The van der Waals surface area contributed by atoms with Crippen molar-refractivity contribution in [1.29, 1.82) is 0 Å². The lowest BCUT2D eigenvalue weighted by Crippen LogP contribution is -2.30. The Balaban J connectivity index is 3.82. The molecule has 0 saturated heterocycles. The van der Waals surface area contributed by atoms with E-state index in [9.17, 15) is 4.79 Å². The fourth-order valence-electron chi connectivity index (χ4n) is 1.24. The minimum Gasteiger partial charge on any atom is -0.461 e. The van der Waals surface area contributed by atoms with E-state index in [0.717, 1.165) is 12.5 Å². The summed E-state index contributed by atoms with van der Waals surface area (Å²) in [6, 6.07) is 1.04. The molecule has 94 valence electrons. The Morgan fingerprint density at radius 1 is 1.44 bits per heavy atom. The maximum Gasteiger partial charge on any atom is 0.330 e. The zero-order chi connectivity index (χ0) is 12.8. The normalized spacial score (nSPS) is 13.1. The first-order chi connectivity index (χ1) is 7.16. The van der Waals surface area contributed by atoms with Gasteiger partial charge in [0.05, 0.1) is 0 Å². The van der Waals surface area contributed by atoms with Gasteiger partial charge in [-0.2, -0.15) is 0 Å². The Morgan fingerprint density at radius 3 is 2.44 bits per heavy atom. The summed E-state index contributed by atoms with van der Waals surface area (Å²) in [6.07, 6.45) is 2.07. The predicted molar refractivity (Wildman–Crippen MR) is 72.8 cm³/mol. The van der Waals surface area contributed by atoms with Crippen molar-refractivity contribution in [2.75, 3.05) is 0 Å². The van der Waals surface area contributed by atoms with Crippen LogP contribution in [-0.4, -0.2) is 29.7 Å². The minimum atomic E-state index is -1.35. The van der Waals surface area contributed by atoms with Gasteiger partial charge in [0, 0.05) is 6.08 Å². The molecule has 0 bridgehead atoms. The largest absolute Gasteiger partial charge is 0.461 e. The summed E-state index contributed by atoms with van der Waals surface area (Å²) in [5.41, 5.74) is -0.402. The second kappa shape index (κ2) is 6.37. The molecule has 0 radical (unpaired) electrons. The van der Waals surface area contributed by atoms with Gasteiger partial charge in [0.1, 0.15) is 15.4 Å². The van der Waals surface area contributed by atoms with Crippen LogP contribution < -0.4 is 0 Å². The number of carbonyl (C=O) groups is 1. The number of carbonyl (C=O) groups excluding carboxylic acids is 1. The third kappa shape index (κ3) is 8.88.